The van der Waals surface area contributed by atoms with Crippen LogP contribution < -0.4 is 0 Å². The number of hydrogen-bond acceptors (Lipinski definition) is 3. The Labute approximate surface area is 102 Å². The Balaban J connectivity index is 2.54. The molecular weight excluding hydrogens is 237 g/mol. The molecule has 0 radical (unpaired) electrons. The fourth-order valence-corrected chi connectivity index (χ4v) is 1.62. The van der Waals surface area contributed by atoms with Crippen LogP contribution in [0.25, 0.3) is 0 Å². The van der Waals surface area contributed by atoms with Crippen molar-refractivity contribution in [3.05, 3.63) is 75.6 Å². The lowest BCUT2D eigenvalue weighted by Gasteiger charge is -2.03. The van der Waals surface area contributed by atoms with Crippen molar-refractivity contribution in [1.82, 2.24) is 0 Å². The van der Waals surface area contributed by atoms with Crippen LogP contribution in [0.2, 0.25) is 0 Å². The van der Waals surface area contributed by atoms with Crippen molar-refractivity contribution in [2.45, 2.75) is 0 Å². The van der Waals surface area contributed by atoms with Crippen LogP contribution >= 0.6 is 0 Å². The van der Waals surface area contributed by atoms with E-state index in [-0.39, 0.29) is 16.8 Å². The molecule has 2 aromatic carbocycles. The average Bonchev–Trinajstić information content (AvgIpc) is 2.38. The number of hydrogen-bond donors (Lipinski definition) is 0. The Hall–Kier alpha value is -2.56. The van der Waals surface area contributed by atoms with E-state index in [1.54, 1.807) is 0 Å². The van der Waals surface area contributed by atoms with Crippen LogP contribution in [0, 0.1) is 15.9 Å². The zero-order valence-electron chi connectivity index (χ0n) is 9.17. The maximum absolute atomic E-state index is 13.5. The molecule has 5 heteroatoms. The Bertz CT molecular complexity index is 625. The van der Waals surface area contributed by atoms with Gasteiger partial charge in [-0.25, -0.2) is 4.39 Å². The molecule has 0 bridgehead atoms. The lowest BCUT2D eigenvalue weighted by atomic mass is 10.0. The van der Waals surface area contributed by atoms with E-state index in [0.717, 1.165) is 6.07 Å². The molecule has 0 aromatic heterocycles. The number of nitro groups is 1. The molecule has 2 rings (SSSR count). The molecule has 0 aliphatic rings. The summed E-state index contributed by atoms with van der Waals surface area (Å²) in [7, 11) is 0. The lowest BCUT2D eigenvalue weighted by Crippen LogP contribution is -2.07. The van der Waals surface area contributed by atoms with E-state index in [4.69, 9.17) is 0 Å². The van der Waals surface area contributed by atoms with Gasteiger partial charge in [-0.15, -0.1) is 0 Å². The summed E-state index contributed by atoms with van der Waals surface area (Å²) in [6.07, 6.45) is 0. The molecule has 90 valence electrons. The predicted molar refractivity (Wildman–Crippen MR) is 62.9 cm³/mol. The van der Waals surface area contributed by atoms with Gasteiger partial charge in [0.25, 0.3) is 5.69 Å². The number of carbonyl (C=O) groups excluding carboxylic acids is 1. The molecule has 0 saturated heterocycles. The average molecular weight is 245 g/mol. The zero-order chi connectivity index (χ0) is 13.1. The summed E-state index contributed by atoms with van der Waals surface area (Å²) in [5.41, 5.74) is -0.620. The summed E-state index contributed by atoms with van der Waals surface area (Å²) in [6, 6.07) is 10.9. The van der Waals surface area contributed by atoms with Crippen LogP contribution in [0.5, 0.6) is 0 Å². The summed E-state index contributed by atoms with van der Waals surface area (Å²) >= 11 is 0. The van der Waals surface area contributed by atoms with E-state index >= 15 is 0 Å². The molecule has 0 saturated carbocycles. The minimum absolute atomic E-state index is 0.118. The molecule has 18 heavy (non-hydrogen) atoms. The summed E-state index contributed by atoms with van der Waals surface area (Å²) in [5.74, 6) is -1.39. The highest BCUT2D eigenvalue weighted by Gasteiger charge is 2.22. The third-order valence-corrected chi connectivity index (χ3v) is 2.46. The minimum Gasteiger partial charge on any atom is -0.288 e. The van der Waals surface area contributed by atoms with Gasteiger partial charge in [-0.1, -0.05) is 24.3 Å². The van der Waals surface area contributed by atoms with Gasteiger partial charge < -0.3 is 0 Å². The van der Waals surface area contributed by atoms with Crippen LogP contribution in [0.1, 0.15) is 15.9 Å². The molecule has 4 nitrogen and oxygen atoms in total. The first kappa shape index (κ1) is 11.9. The van der Waals surface area contributed by atoms with E-state index in [9.17, 15) is 19.3 Å². The molecule has 0 atom stereocenters. The van der Waals surface area contributed by atoms with Crippen LogP contribution in [0.15, 0.2) is 48.5 Å². The Morgan fingerprint density at radius 3 is 2.17 bits per heavy atom. The number of para-hydroxylation sites is 1. The fourth-order valence-electron chi connectivity index (χ4n) is 1.62. The van der Waals surface area contributed by atoms with E-state index in [0.29, 0.717) is 0 Å². The molecule has 0 aliphatic carbocycles. The van der Waals surface area contributed by atoms with Crippen LogP contribution in [-0.2, 0) is 0 Å². The second kappa shape index (κ2) is 4.75. The van der Waals surface area contributed by atoms with Crippen LogP contribution in [0.4, 0.5) is 10.1 Å². The van der Waals surface area contributed by atoms with Crippen molar-refractivity contribution in [1.29, 1.82) is 0 Å². The maximum atomic E-state index is 13.5. The molecule has 0 unspecified atom stereocenters. The van der Waals surface area contributed by atoms with Crippen molar-refractivity contribution < 1.29 is 14.1 Å². The fraction of sp³-hybridized carbons (Fsp3) is 0. The van der Waals surface area contributed by atoms with Gasteiger partial charge in [-0.2, -0.15) is 0 Å². The minimum atomic E-state index is -0.694. The highest BCUT2D eigenvalue weighted by Crippen LogP contribution is 2.22. The molecule has 0 spiro atoms. The van der Waals surface area contributed by atoms with E-state index < -0.39 is 16.5 Å². The van der Waals surface area contributed by atoms with Crippen LogP contribution in [-0.4, -0.2) is 10.7 Å². The lowest BCUT2D eigenvalue weighted by molar-refractivity contribution is -0.385. The molecule has 0 amide bonds. The molecule has 0 N–H and O–H groups in total. The van der Waals surface area contributed by atoms with Crippen molar-refractivity contribution in [2.24, 2.45) is 0 Å². The van der Waals surface area contributed by atoms with Gasteiger partial charge in [0, 0.05) is 6.07 Å². The molecule has 0 aliphatic heterocycles. The summed E-state index contributed by atoms with van der Waals surface area (Å²) in [4.78, 5) is 22.2. The summed E-state index contributed by atoms with van der Waals surface area (Å²) < 4.78 is 13.5. The molecule has 0 fully saturated rings. The first-order valence-corrected chi connectivity index (χ1v) is 5.14. The van der Waals surface area contributed by atoms with Crippen molar-refractivity contribution in [2.75, 3.05) is 0 Å². The van der Waals surface area contributed by atoms with Crippen molar-refractivity contribution >= 4 is 11.5 Å². The normalized spacial score (nSPS) is 10.1. The maximum Gasteiger partial charge on any atom is 0.280 e. The second-order valence-electron chi connectivity index (χ2n) is 3.58. The topological polar surface area (TPSA) is 60.2 Å². The Kier molecular flexibility index (Phi) is 3.14. The van der Waals surface area contributed by atoms with Crippen molar-refractivity contribution in [3.63, 3.8) is 0 Å². The van der Waals surface area contributed by atoms with Gasteiger partial charge in [0.15, 0.2) is 0 Å². The first-order valence-electron chi connectivity index (χ1n) is 5.14. The molecule has 2 aromatic rings. The van der Waals surface area contributed by atoms with Gasteiger partial charge in [-0.3, -0.25) is 14.9 Å². The van der Waals surface area contributed by atoms with Gasteiger partial charge in [-0.05, 0) is 18.2 Å². The van der Waals surface area contributed by atoms with Gasteiger partial charge >= 0.3 is 0 Å². The third kappa shape index (κ3) is 2.10. The predicted octanol–water partition coefficient (Wildman–Crippen LogP) is 2.96. The standard InChI is InChI=1S/C13H8FNO3/c14-11-7-3-1-5-9(11)13(16)10-6-2-4-8-12(10)15(17)18/h1-8H. The number of ketones is 1. The zero-order valence-corrected chi connectivity index (χ0v) is 9.17. The SMILES string of the molecule is O=C(c1ccccc1F)c1ccccc1[N+](=O)[O-]. The second-order valence-corrected chi connectivity index (χ2v) is 3.58. The molecular formula is C13H8FNO3. The van der Waals surface area contributed by atoms with Gasteiger partial charge in [0.1, 0.15) is 11.4 Å². The highest BCUT2D eigenvalue weighted by atomic mass is 19.1. The largest absolute Gasteiger partial charge is 0.288 e. The first-order chi connectivity index (χ1) is 8.61. The van der Waals surface area contributed by atoms with Crippen LogP contribution in [0.3, 0.4) is 0 Å². The number of nitro benzene ring substituents is 1. The summed E-state index contributed by atoms with van der Waals surface area (Å²) in [6.45, 7) is 0. The molecule has 0 heterocycles. The number of nitrogens with zero attached hydrogens (tertiary/aromatic N) is 1. The quantitative estimate of drug-likeness (QED) is 0.474. The Morgan fingerprint density at radius 2 is 1.56 bits per heavy atom. The number of halogens is 1. The third-order valence-electron chi connectivity index (χ3n) is 2.46. The van der Waals surface area contributed by atoms with Gasteiger partial charge in [0.2, 0.25) is 5.78 Å². The number of benzene rings is 2. The Morgan fingerprint density at radius 1 is 1.00 bits per heavy atom. The number of rotatable bonds is 3. The highest BCUT2D eigenvalue weighted by molar-refractivity contribution is 6.11. The van der Waals surface area contributed by atoms with E-state index in [1.165, 1.54) is 42.5 Å². The van der Waals surface area contributed by atoms with Gasteiger partial charge in [0.05, 0.1) is 10.5 Å². The monoisotopic (exact) mass is 245 g/mol. The number of carbonyl (C=O) groups is 1. The smallest absolute Gasteiger partial charge is 0.280 e. The van der Waals surface area contributed by atoms with Crippen molar-refractivity contribution in [3.8, 4) is 0 Å². The van der Waals surface area contributed by atoms with E-state index in [2.05, 4.69) is 0 Å². The summed E-state index contributed by atoms with van der Waals surface area (Å²) in [5, 5.41) is 10.8. The van der Waals surface area contributed by atoms with E-state index in [1.807, 2.05) is 0 Å².